The summed E-state index contributed by atoms with van der Waals surface area (Å²) in [6.07, 6.45) is -2.91. The maximum absolute atomic E-state index is 13.1. The van der Waals surface area contributed by atoms with Gasteiger partial charge in [-0.05, 0) is 68.4 Å². The molecule has 30 heavy (non-hydrogen) atoms. The molecule has 0 saturated carbocycles. The molecule has 1 N–H and O–H groups in total. The van der Waals surface area contributed by atoms with Crippen molar-refractivity contribution in [2.24, 2.45) is 10.1 Å². The van der Waals surface area contributed by atoms with E-state index in [1.807, 2.05) is 0 Å². The molecule has 1 aromatic heterocycles. The molecule has 2 aromatic rings. The monoisotopic (exact) mass is 431 g/mol. The van der Waals surface area contributed by atoms with E-state index in [2.05, 4.69) is 10.1 Å². The van der Waals surface area contributed by atoms with Gasteiger partial charge in [-0.3, -0.25) is 10.2 Å². The number of nitrogens with one attached hydrogen (secondary N) is 1. The topological polar surface area (TPSA) is 73.8 Å². The number of carbonyl (C=O) groups excluding carboxylic acids is 1. The number of amides is 1. The molecule has 0 bridgehead atoms. The first kappa shape index (κ1) is 20.1. The lowest BCUT2D eigenvalue weighted by molar-refractivity contribution is -0.137. The van der Waals surface area contributed by atoms with Gasteiger partial charge in [-0.1, -0.05) is 6.07 Å². The smallest absolute Gasteiger partial charge is 0.318 e. The molecule has 10 heteroatoms. The molecule has 4 rings (SSSR count). The number of nitrogens with zero attached hydrogens (tertiary/aromatic N) is 4. The highest BCUT2D eigenvalue weighted by Crippen LogP contribution is 2.32. The highest BCUT2D eigenvalue weighted by Gasteiger charge is 2.35. The van der Waals surface area contributed by atoms with Crippen LogP contribution in [0.3, 0.4) is 0 Å². The largest absolute Gasteiger partial charge is 0.416 e. The molecule has 2 aliphatic heterocycles. The average Bonchev–Trinajstić information content (AvgIpc) is 3.16. The molecule has 2 aliphatic rings. The quantitative estimate of drug-likeness (QED) is 0.698. The van der Waals surface area contributed by atoms with Gasteiger partial charge in [0.1, 0.15) is 0 Å². The Morgan fingerprint density at radius 3 is 2.60 bits per heavy atom. The third kappa shape index (κ3) is 3.36. The Bertz CT molecular complexity index is 1190. The van der Waals surface area contributed by atoms with E-state index < -0.39 is 17.6 Å². The molecule has 0 spiro atoms. The second kappa shape index (κ2) is 6.98. The first-order valence-corrected chi connectivity index (χ1v) is 9.71. The van der Waals surface area contributed by atoms with Gasteiger partial charge in [0, 0.05) is 17.1 Å². The van der Waals surface area contributed by atoms with Crippen molar-refractivity contribution >= 4 is 39.8 Å². The van der Waals surface area contributed by atoms with E-state index in [4.69, 9.17) is 5.41 Å². The number of hydrogen-bond acceptors (Lipinski definition) is 4. The van der Waals surface area contributed by atoms with Crippen molar-refractivity contribution in [2.75, 3.05) is 0 Å². The Kier molecular flexibility index (Phi) is 4.69. The van der Waals surface area contributed by atoms with Crippen LogP contribution in [0.25, 0.3) is 11.8 Å². The second-order valence-electron chi connectivity index (χ2n) is 6.85. The van der Waals surface area contributed by atoms with E-state index in [1.54, 1.807) is 37.5 Å². The lowest BCUT2D eigenvalue weighted by Crippen LogP contribution is -2.35. The number of carbonyl (C=O) groups is 1. The summed E-state index contributed by atoms with van der Waals surface area (Å²) in [4.78, 5) is 16.5. The number of aromatic nitrogens is 1. The molecular weight excluding hydrogens is 415 g/mol. The van der Waals surface area contributed by atoms with Crippen molar-refractivity contribution < 1.29 is 18.0 Å². The Morgan fingerprint density at radius 2 is 1.90 bits per heavy atom. The molecule has 1 aromatic carbocycles. The number of aryl methyl sites for hydroxylation is 1. The van der Waals surface area contributed by atoms with Crippen molar-refractivity contribution in [3.05, 3.63) is 58.4 Å². The van der Waals surface area contributed by atoms with Crippen LogP contribution in [0.15, 0.2) is 46.0 Å². The molecule has 154 valence electrons. The zero-order valence-corrected chi connectivity index (χ0v) is 17.0. The molecule has 0 aliphatic carbocycles. The fourth-order valence-electron chi connectivity index (χ4n) is 3.40. The minimum absolute atomic E-state index is 0.0714. The van der Waals surface area contributed by atoms with Gasteiger partial charge in [0.05, 0.1) is 16.2 Å². The number of hydrogen-bond donors (Lipinski definition) is 1. The normalized spacial score (nSPS) is 18.1. The average molecular weight is 431 g/mol. The molecule has 0 fully saturated rings. The number of aliphatic imine (C=N–C) groups is 1. The molecule has 6 nitrogen and oxygen atoms in total. The van der Waals surface area contributed by atoms with E-state index in [1.165, 1.54) is 28.9 Å². The SMILES string of the molecule is CC1=NN2C(=N)/C(=C\c3cc(C)n(-c4cccc(C(F)(F)F)c4)c3C)C(=O)N=C2S1. The number of thioether (sulfide) groups is 1. The van der Waals surface area contributed by atoms with Gasteiger partial charge >= 0.3 is 6.18 Å². The van der Waals surface area contributed by atoms with E-state index in [0.29, 0.717) is 32.9 Å². The fraction of sp³-hybridized carbons (Fsp3) is 0.200. The first-order valence-electron chi connectivity index (χ1n) is 8.89. The van der Waals surface area contributed by atoms with E-state index in [0.717, 1.165) is 12.1 Å². The lowest BCUT2D eigenvalue weighted by atomic mass is 10.1. The summed E-state index contributed by atoms with van der Waals surface area (Å²) in [6.45, 7) is 5.28. The molecule has 3 heterocycles. The van der Waals surface area contributed by atoms with E-state index >= 15 is 0 Å². The number of hydrazone groups is 1. The first-order chi connectivity index (χ1) is 14.1. The standard InChI is InChI=1S/C20H16F3N5OS/c1-10-7-13(8-16-17(24)28-19(25-18(16)29)30-12(3)26-28)11(2)27(10)15-6-4-5-14(9-15)20(21,22)23/h4-9,24H,1-3H3/b16-8+,24-17?. The third-order valence-corrected chi connectivity index (χ3v) is 5.58. The van der Waals surface area contributed by atoms with Crippen LogP contribution in [-0.2, 0) is 11.0 Å². The van der Waals surface area contributed by atoms with Crippen LogP contribution in [0.1, 0.15) is 29.4 Å². The second-order valence-corrected chi connectivity index (χ2v) is 8.01. The van der Waals surface area contributed by atoms with Crippen LogP contribution >= 0.6 is 11.8 Å². The Hall–Kier alpha value is -3.14. The number of benzene rings is 1. The van der Waals surface area contributed by atoms with Crippen LogP contribution < -0.4 is 0 Å². The van der Waals surface area contributed by atoms with Crippen molar-refractivity contribution in [1.82, 2.24) is 9.58 Å². The zero-order valence-electron chi connectivity index (χ0n) is 16.2. The Morgan fingerprint density at radius 1 is 1.17 bits per heavy atom. The van der Waals surface area contributed by atoms with Gasteiger partial charge in [-0.25, -0.2) is 0 Å². The summed E-state index contributed by atoms with van der Waals surface area (Å²) in [6, 6.07) is 6.82. The van der Waals surface area contributed by atoms with Gasteiger partial charge in [0.2, 0.25) is 5.17 Å². The van der Waals surface area contributed by atoms with E-state index in [-0.39, 0.29) is 11.4 Å². The maximum atomic E-state index is 13.1. The molecule has 0 unspecified atom stereocenters. The summed E-state index contributed by atoms with van der Waals surface area (Å²) < 4.78 is 41.0. The van der Waals surface area contributed by atoms with Crippen molar-refractivity contribution in [3.63, 3.8) is 0 Å². The van der Waals surface area contributed by atoms with Gasteiger partial charge < -0.3 is 4.57 Å². The molecule has 0 atom stereocenters. The van der Waals surface area contributed by atoms with Crippen molar-refractivity contribution in [2.45, 2.75) is 26.9 Å². The number of rotatable bonds is 2. The zero-order chi connectivity index (χ0) is 21.8. The summed E-state index contributed by atoms with van der Waals surface area (Å²) in [5.74, 6) is -0.634. The van der Waals surface area contributed by atoms with Crippen LogP contribution in [0.4, 0.5) is 13.2 Å². The van der Waals surface area contributed by atoms with Gasteiger partial charge in [-0.2, -0.15) is 28.3 Å². The van der Waals surface area contributed by atoms with Gasteiger partial charge in [0.25, 0.3) is 5.91 Å². The highest BCUT2D eigenvalue weighted by atomic mass is 32.2. The number of alkyl halides is 3. The number of halogens is 3. The Balaban J connectivity index is 1.77. The van der Waals surface area contributed by atoms with Gasteiger partial charge in [-0.15, -0.1) is 0 Å². The number of amidine groups is 2. The number of fused-ring (bicyclic) bond motifs is 1. The minimum atomic E-state index is -4.44. The lowest BCUT2D eigenvalue weighted by Gasteiger charge is -2.20. The predicted molar refractivity (Wildman–Crippen MR) is 111 cm³/mol. The molecular formula is C20H16F3N5OS. The molecule has 1 amide bonds. The van der Waals surface area contributed by atoms with Crippen LogP contribution in [-0.4, -0.2) is 31.5 Å². The Labute approximate surface area is 174 Å². The van der Waals surface area contributed by atoms with Gasteiger partial charge in [0.15, 0.2) is 5.84 Å². The molecule has 0 saturated heterocycles. The van der Waals surface area contributed by atoms with Crippen LogP contribution in [0.2, 0.25) is 0 Å². The fourth-order valence-corrected chi connectivity index (χ4v) is 4.13. The van der Waals surface area contributed by atoms with Crippen LogP contribution in [0.5, 0.6) is 0 Å². The summed E-state index contributed by atoms with van der Waals surface area (Å²) in [7, 11) is 0. The molecule has 0 radical (unpaired) electrons. The summed E-state index contributed by atoms with van der Waals surface area (Å²) >= 11 is 1.22. The summed E-state index contributed by atoms with van der Waals surface area (Å²) in [5, 5.41) is 14.9. The van der Waals surface area contributed by atoms with E-state index in [9.17, 15) is 18.0 Å². The third-order valence-electron chi connectivity index (χ3n) is 4.76. The van der Waals surface area contributed by atoms with Crippen molar-refractivity contribution in [1.29, 1.82) is 5.41 Å². The van der Waals surface area contributed by atoms with Crippen LogP contribution in [0, 0.1) is 19.3 Å². The highest BCUT2D eigenvalue weighted by molar-refractivity contribution is 8.26. The summed E-state index contributed by atoms with van der Waals surface area (Å²) in [5.41, 5.74) is 1.66. The minimum Gasteiger partial charge on any atom is -0.318 e. The van der Waals surface area contributed by atoms with Crippen molar-refractivity contribution in [3.8, 4) is 5.69 Å². The maximum Gasteiger partial charge on any atom is 0.416 e. The predicted octanol–water partition coefficient (Wildman–Crippen LogP) is 4.75.